The molecule has 1 aliphatic heterocycles. The summed E-state index contributed by atoms with van der Waals surface area (Å²) >= 11 is 6.87. The molecular weight excluding hydrogens is 704 g/mol. The SMILES string of the molecule is CCCCCCCC(CCCC)S(=O)(=O)CCCC(=O)Nc1cccc(NC(=O)C(Cl)(C(=O)C(C)(C)C)N2CC(=O)N(Cc3ccccc3)C2=O)c1. The van der Waals surface area contributed by atoms with Crippen LogP contribution in [0, 0.1) is 5.41 Å². The molecule has 2 aromatic rings. The van der Waals surface area contributed by atoms with Gasteiger partial charge in [-0.05, 0) is 43.0 Å². The van der Waals surface area contributed by atoms with E-state index in [1.54, 1.807) is 63.2 Å². The van der Waals surface area contributed by atoms with E-state index in [1.807, 2.05) is 6.92 Å². The molecule has 0 saturated carbocycles. The van der Waals surface area contributed by atoms with E-state index in [-0.39, 0.29) is 30.8 Å². The molecular formula is C39H55ClN4O7S. The third-order valence-corrected chi connectivity index (χ3v) is 12.0. The van der Waals surface area contributed by atoms with Gasteiger partial charge in [0, 0.05) is 23.2 Å². The number of alkyl halides is 1. The molecule has 1 heterocycles. The van der Waals surface area contributed by atoms with E-state index >= 15 is 0 Å². The second-order valence-corrected chi connectivity index (χ2v) is 17.5. The van der Waals surface area contributed by atoms with Gasteiger partial charge in [-0.2, -0.15) is 0 Å². The normalized spacial score (nSPS) is 15.3. The summed E-state index contributed by atoms with van der Waals surface area (Å²) in [6.45, 7) is 8.24. The first-order valence-corrected chi connectivity index (χ1v) is 20.5. The Bertz CT molecular complexity index is 1660. The lowest BCUT2D eigenvalue weighted by molar-refractivity contribution is -0.139. The number of Topliss-reactive ketones (excluding diaryl/α,β-unsaturated/α-hetero) is 1. The maximum Gasteiger partial charge on any atom is 0.329 e. The first-order valence-electron chi connectivity index (χ1n) is 18.4. The third-order valence-electron chi connectivity index (χ3n) is 9.15. The number of nitrogens with zero attached hydrogens (tertiary/aromatic N) is 2. The largest absolute Gasteiger partial charge is 0.329 e. The Labute approximate surface area is 314 Å². The Kier molecular flexibility index (Phi) is 15.9. The Balaban J connectivity index is 1.67. The number of sulfone groups is 1. The number of urea groups is 1. The molecule has 0 aliphatic carbocycles. The lowest BCUT2D eigenvalue weighted by Crippen LogP contribution is -2.62. The van der Waals surface area contributed by atoms with Gasteiger partial charge in [0.15, 0.2) is 15.6 Å². The zero-order valence-electron chi connectivity index (χ0n) is 31.2. The van der Waals surface area contributed by atoms with E-state index in [2.05, 4.69) is 17.6 Å². The lowest BCUT2D eigenvalue weighted by atomic mass is 9.85. The average Bonchev–Trinajstić information content (AvgIpc) is 3.37. The average molecular weight is 759 g/mol. The minimum absolute atomic E-state index is 0.0116. The fourth-order valence-electron chi connectivity index (χ4n) is 6.17. The van der Waals surface area contributed by atoms with Crippen LogP contribution in [0.25, 0.3) is 0 Å². The maximum atomic E-state index is 13.9. The zero-order valence-corrected chi connectivity index (χ0v) is 32.8. The van der Waals surface area contributed by atoms with E-state index in [1.165, 1.54) is 12.1 Å². The van der Waals surface area contributed by atoms with Gasteiger partial charge in [0.25, 0.3) is 16.8 Å². The second-order valence-electron chi connectivity index (χ2n) is 14.6. The van der Waals surface area contributed by atoms with Crippen molar-refractivity contribution in [3.05, 3.63) is 60.2 Å². The van der Waals surface area contributed by atoms with Crippen LogP contribution in [0.1, 0.15) is 111 Å². The van der Waals surface area contributed by atoms with Crippen molar-refractivity contribution in [3.63, 3.8) is 0 Å². The predicted molar refractivity (Wildman–Crippen MR) is 206 cm³/mol. The van der Waals surface area contributed by atoms with Crippen LogP contribution < -0.4 is 10.6 Å². The lowest BCUT2D eigenvalue weighted by Gasteiger charge is -2.36. The van der Waals surface area contributed by atoms with E-state index < -0.39 is 61.6 Å². The molecule has 3 rings (SSSR count). The highest BCUT2D eigenvalue weighted by Gasteiger charge is 2.59. The van der Waals surface area contributed by atoms with E-state index in [4.69, 9.17) is 11.6 Å². The number of ketones is 1. The number of carbonyl (C=O) groups is 5. The number of rotatable bonds is 21. The number of anilines is 2. The fraction of sp³-hybridized carbons (Fsp3) is 0.564. The molecule has 2 N–H and O–H groups in total. The molecule has 52 heavy (non-hydrogen) atoms. The van der Waals surface area contributed by atoms with Gasteiger partial charge >= 0.3 is 6.03 Å². The van der Waals surface area contributed by atoms with Gasteiger partial charge in [-0.25, -0.2) is 13.2 Å². The molecule has 286 valence electrons. The number of nitrogens with one attached hydrogen (secondary N) is 2. The summed E-state index contributed by atoms with van der Waals surface area (Å²) in [5.74, 6) is -2.88. The van der Waals surface area contributed by atoms with Gasteiger partial charge in [0.05, 0.1) is 17.5 Å². The molecule has 0 aromatic heterocycles. The van der Waals surface area contributed by atoms with Gasteiger partial charge in [-0.1, -0.05) is 128 Å². The number of hydrogen-bond acceptors (Lipinski definition) is 7. The van der Waals surface area contributed by atoms with Crippen LogP contribution in [0.5, 0.6) is 0 Å². The maximum absolute atomic E-state index is 13.9. The molecule has 11 nitrogen and oxygen atoms in total. The Morgan fingerprint density at radius 3 is 2.08 bits per heavy atom. The summed E-state index contributed by atoms with van der Waals surface area (Å²) in [7, 11) is -3.36. The number of unbranched alkanes of at least 4 members (excludes halogenated alkanes) is 5. The monoisotopic (exact) mass is 758 g/mol. The van der Waals surface area contributed by atoms with Crippen LogP contribution in [0.15, 0.2) is 54.6 Å². The van der Waals surface area contributed by atoms with Gasteiger partial charge in [-0.15, -0.1) is 0 Å². The molecule has 1 aliphatic rings. The number of carbonyl (C=O) groups excluding carboxylic acids is 5. The van der Waals surface area contributed by atoms with Crippen LogP contribution >= 0.6 is 11.6 Å². The first-order chi connectivity index (χ1) is 24.5. The number of benzene rings is 2. The van der Waals surface area contributed by atoms with Crippen LogP contribution in [-0.4, -0.2) is 70.3 Å². The molecule has 0 bridgehead atoms. The minimum atomic E-state index is -3.36. The number of halogens is 1. The van der Waals surface area contributed by atoms with Crippen molar-refractivity contribution in [3.8, 4) is 0 Å². The van der Waals surface area contributed by atoms with Gasteiger partial charge in [0.1, 0.15) is 6.54 Å². The highest BCUT2D eigenvalue weighted by Crippen LogP contribution is 2.36. The Morgan fingerprint density at radius 1 is 0.827 bits per heavy atom. The highest BCUT2D eigenvalue weighted by molar-refractivity contribution is 7.92. The first kappa shape index (κ1) is 42.6. The molecule has 2 atom stereocenters. The molecule has 0 radical (unpaired) electrons. The molecule has 1 fully saturated rings. The van der Waals surface area contributed by atoms with Gasteiger partial charge < -0.3 is 10.6 Å². The Hall–Kier alpha value is -3.77. The number of amides is 5. The van der Waals surface area contributed by atoms with Crippen LogP contribution in [-0.2, 0) is 35.6 Å². The smallest absolute Gasteiger partial charge is 0.326 e. The van der Waals surface area contributed by atoms with Crippen molar-refractivity contribution in [2.75, 3.05) is 22.9 Å². The summed E-state index contributed by atoms with van der Waals surface area (Å²) in [5, 5.41) is 4.95. The van der Waals surface area contributed by atoms with Crippen LogP contribution in [0.3, 0.4) is 0 Å². The Morgan fingerprint density at radius 2 is 1.44 bits per heavy atom. The van der Waals surface area contributed by atoms with Gasteiger partial charge in [0.2, 0.25) is 5.91 Å². The van der Waals surface area contributed by atoms with E-state index in [9.17, 15) is 32.4 Å². The molecule has 2 unspecified atom stereocenters. The molecule has 13 heteroatoms. The van der Waals surface area contributed by atoms with Crippen LogP contribution in [0.4, 0.5) is 16.2 Å². The number of imide groups is 1. The minimum Gasteiger partial charge on any atom is -0.326 e. The zero-order chi connectivity index (χ0) is 38.5. The van der Waals surface area contributed by atoms with Crippen LogP contribution in [0.2, 0.25) is 0 Å². The van der Waals surface area contributed by atoms with E-state index in [0.717, 1.165) is 54.7 Å². The summed E-state index contributed by atoms with van der Waals surface area (Å²) in [5.41, 5.74) is 0.00219. The van der Waals surface area contributed by atoms with Crippen molar-refractivity contribution in [2.24, 2.45) is 5.41 Å². The summed E-state index contributed by atoms with van der Waals surface area (Å²) < 4.78 is 26.4. The molecule has 5 amide bonds. The summed E-state index contributed by atoms with van der Waals surface area (Å²) in [6, 6.07) is 14.1. The van der Waals surface area contributed by atoms with Crippen molar-refractivity contribution < 1.29 is 32.4 Å². The molecule has 1 saturated heterocycles. The topological polar surface area (TPSA) is 150 Å². The van der Waals surface area contributed by atoms with E-state index in [0.29, 0.717) is 24.1 Å². The third kappa shape index (κ3) is 11.6. The number of hydrogen-bond donors (Lipinski definition) is 2. The fourth-order valence-corrected chi connectivity index (χ4v) is 8.57. The standard InChI is InChI=1S/C39H55ClN4O7S/c1-6-8-10-11-15-23-32(22-9-7-2)52(50,51)25-17-24-33(45)41-30-20-16-21-31(26-30)42-36(48)39(40,35(47)38(3,4)5)44-28-34(46)43(37(44)49)27-29-18-13-12-14-19-29/h12-14,16,18-21,26,32H,6-11,15,17,22-25,27-28H2,1-5H3,(H,41,45)(H,42,48). The summed E-state index contributed by atoms with van der Waals surface area (Å²) in [4.78, 5) is 66.3. The molecule has 2 aromatic carbocycles. The molecule has 0 spiro atoms. The van der Waals surface area contributed by atoms with Crippen molar-refractivity contribution in [1.82, 2.24) is 9.80 Å². The quantitative estimate of drug-likeness (QED) is 0.0436. The summed E-state index contributed by atoms with van der Waals surface area (Å²) in [6.07, 6.45) is 8.52. The predicted octanol–water partition coefficient (Wildman–Crippen LogP) is 7.69. The van der Waals surface area contributed by atoms with Crippen molar-refractivity contribution in [1.29, 1.82) is 0 Å². The second kappa shape index (κ2) is 19.3. The highest BCUT2D eigenvalue weighted by atomic mass is 35.5. The van der Waals surface area contributed by atoms with Crippen molar-refractivity contribution >= 4 is 62.3 Å². The van der Waals surface area contributed by atoms with Gasteiger partial charge in [-0.3, -0.25) is 29.0 Å². The van der Waals surface area contributed by atoms with Crippen molar-refractivity contribution in [2.45, 2.75) is 122 Å².